The molecular formula is C16H18N2S. The zero-order chi connectivity index (χ0) is 13.8. The van der Waals surface area contributed by atoms with Crippen LogP contribution in [0.4, 0.5) is 0 Å². The fraction of sp³-hybridized carbons (Fsp3) is 0.312. The molecular weight excluding hydrogens is 252 g/mol. The van der Waals surface area contributed by atoms with Crippen LogP contribution >= 0.6 is 11.3 Å². The minimum atomic E-state index is -0.249. The van der Waals surface area contributed by atoms with Gasteiger partial charge in [0.15, 0.2) is 0 Å². The zero-order valence-electron chi connectivity index (χ0n) is 11.5. The van der Waals surface area contributed by atoms with Gasteiger partial charge < -0.3 is 0 Å². The number of nitrogens with zero attached hydrogens (tertiary/aromatic N) is 1. The summed E-state index contributed by atoms with van der Waals surface area (Å²) in [6.45, 7) is 7.00. The summed E-state index contributed by atoms with van der Waals surface area (Å²) in [7, 11) is 0. The molecule has 1 aromatic carbocycles. The van der Waals surface area contributed by atoms with Crippen LogP contribution in [0.15, 0.2) is 29.6 Å². The van der Waals surface area contributed by atoms with Gasteiger partial charge in [-0.2, -0.15) is 5.26 Å². The molecule has 19 heavy (non-hydrogen) atoms. The number of benzene rings is 1. The summed E-state index contributed by atoms with van der Waals surface area (Å²) in [6, 6.07) is 10.5. The van der Waals surface area contributed by atoms with Gasteiger partial charge >= 0.3 is 0 Å². The molecule has 3 heteroatoms. The lowest BCUT2D eigenvalue weighted by Gasteiger charge is -2.16. The highest BCUT2D eigenvalue weighted by Gasteiger charge is 2.13. The summed E-state index contributed by atoms with van der Waals surface area (Å²) in [5.41, 5.74) is 4.77. The maximum absolute atomic E-state index is 9.38. The Labute approximate surface area is 118 Å². The molecule has 0 fully saturated rings. The SMILES string of the molecule is Cc1cc(C)c(C(C#N)NCc2cccs2)cc1C. The first-order valence-corrected chi connectivity index (χ1v) is 7.23. The van der Waals surface area contributed by atoms with Gasteiger partial charge in [-0.1, -0.05) is 18.2 Å². The summed E-state index contributed by atoms with van der Waals surface area (Å²) in [5, 5.41) is 14.8. The third-order valence-electron chi connectivity index (χ3n) is 3.38. The molecule has 0 aliphatic carbocycles. The normalized spacial score (nSPS) is 12.1. The number of nitrogens with one attached hydrogen (secondary N) is 1. The summed E-state index contributed by atoms with van der Waals surface area (Å²) in [4.78, 5) is 1.25. The van der Waals surface area contributed by atoms with Crippen molar-refractivity contribution in [1.82, 2.24) is 5.32 Å². The lowest BCUT2D eigenvalue weighted by atomic mass is 9.96. The van der Waals surface area contributed by atoms with Crippen molar-refractivity contribution < 1.29 is 0 Å². The Morgan fingerprint density at radius 2 is 1.95 bits per heavy atom. The minimum absolute atomic E-state index is 0.249. The Balaban J connectivity index is 2.18. The number of hydrogen-bond donors (Lipinski definition) is 1. The van der Waals surface area contributed by atoms with Crippen molar-refractivity contribution in [2.45, 2.75) is 33.4 Å². The Hall–Kier alpha value is -1.63. The molecule has 2 rings (SSSR count). The number of nitriles is 1. The molecule has 1 heterocycles. The molecule has 0 amide bonds. The van der Waals surface area contributed by atoms with Crippen LogP contribution in [0, 0.1) is 32.1 Å². The maximum Gasteiger partial charge on any atom is 0.121 e. The lowest BCUT2D eigenvalue weighted by Crippen LogP contribution is -2.20. The Bertz CT molecular complexity index is 594. The molecule has 0 saturated heterocycles. The van der Waals surface area contributed by atoms with E-state index in [1.54, 1.807) is 11.3 Å². The second kappa shape index (κ2) is 6.01. The largest absolute Gasteiger partial charge is 0.293 e. The second-order valence-corrected chi connectivity index (χ2v) is 5.85. The molecule has 1 aromatic heterocycles. The molecule has 0 aliphatic rings. The molecule has 0 radical (unpaired) electrons. The molecule has 0 spiro atoms. The van der Waals surface area contributed by atoms with Crippen molar-refractivity contribution >= 4 is 11.3 Å². The van der Waals surface area contributed by atoms with Gasteiger partial charge in [-0.05, 0) is 54.5 Å². The molecule has 1 N–H and O–H groups in total. The van der Waals surface area contributed by atoms with E-state index < -0.39 is 0 Å². The second-order valence-electron chi connectivity index (χ2n) is 4.82. The first kappa shape index (κ1) is 13.8. The van der Waals surface area contributed by atoms with Crippen molar-refractivity contribution in [3.63, 3.8) is 0 Å². The smallest absolute Gasteiger partial charge is 0.121 e. The van der Waals surface area contributed by atoms with E-state index in [9.17, 15) is 5.26 Å². The van der Waals surface area contributed by atoms with Crippen molar-refractivity contribution in [3.8, 4) is 6.07 Å². The van der Waals surface area contributed by atoms with Crippen LogP contribution in [0.2, 0.25) is 0 Å². The van der Waals surface area contributed by atoms with E-state index in [0.29, 0.717) is 0 Å². The highest BCUT2D eigenvalue weighted by Crippen LogP contribution is 2.22. The van der Waals surface area contributed by atoms with E-state index in [1.165, 1.54) is 21.6 Å². The summed E-state index contributed by atoms with van der Waals surface area (Å²) in [6.07, 6.45) is 0. The van der Waals surface area contributed by atoms with Gasteiger partial charge in [-0.25, -0.2) is 0 Å². The third-order valence-corrected chi connectivity index (χ3v) is 4.26. The standard InChI is InChI=1S/C16H18N2S/c1-11-7-13(3)15(8-12(11)2)16(9-17)18-10-14-5-4-6-19-14/h4-8,16,18H,10H2,1-3H3. The molecule has 98 valence electrons. The van der Waals surface area contributed by atoms with Crippen molar-refractivity contribution in [2.24, 2.45) is 0 Å². The maximum atomic E-state index is 9.38. The number of thiophene rings is 1. The van der Waals surface area contributed by atoms with Crippen LogP contribution in [-0.2, 0) is 6.54 Å². The van der Waals surface area contributed by atoms with E-state index in [2.05, 4.69) is 55.7 Å². The number of aryl methyl sites for hydroxylation is 3. The van der Waals surface area contributed by atoms with Crippen molar-refractivity contribution in [2.75, 3.05) is 0 Å². The summed E-state index contributed by atoms with van der Waals surface area (Å²) in [5.74, 6) is 0. The van der Waals surface area contributed by atoms with E-state index in [0.717, 1.165) is 12.1 Å². The first-order chi connectivity index (χ1) is 9.11. The molecule has 1 unspecified atom stereocenters. The summed E-state index contributed by atoms with van der Waals surface area (Å²) >= 11 is 1.71. The Morgan fingerprint density at radius 1 is 1.21 bits per heavy atom. The average Bonchev–Trinajstić information content (AvgIpc) is 2.89. The van der Waals surface area contributed by atoms with Crippen molar-refractivity contribution in [3.05, 3.63) is 56.8 Å². The van der Waals surface area contributed by atoms with Crippen LogP contribution in [0.3, 0.4) is 0 Å². The number of rotatable bonds is 4. The van der Waals surface area contributed by atoms with Crippen LogP contribution in [0.5, 0.6) is 0 Å². The first-order valence-electron chi connectivity index (χ1n) is 6.35. The molecule has 2 nitrogen and oxygen atoms in total. The van der Waals surface area contributed by atoms with E-state index in [-0.39, 0.29) is 6.04 Å². The van der Waals surface area contributed by atoms with Gasteiger partial charge in [0.05, 0.1) is 6.07 Å². The number of hydrogen-bond acceptors (Lipinski definition) is 3. The van der Waals surface area contributed by atoms with E-state index in [4.69, 9.17) is 0 Å². The molecule has 2 aromatic rings. The molecule has 0 bridgehead atoms. The predicted octanol–water partition coefficient (Wildman–Crippen LogP) is 4.03. The minimum Gasteiger partial charge on any atom is -0.293 e. The van der Waals surface area contributed by atoms with Crippen LogP contribution < -0.4 is 5.32 Å². The van der Waals surface area contributed by atoms with Gasteiger partial charge in [0, 0.05) is 11.4 Å². The monoisotopic (exact) mass is 270 g/mol. The molecule has 0 saturated carbocycles. The Morgan fingerprint density at radius 3 is 2.58 bits per heavy atom. The topological polar surface area (TPSA) is 35.8 Å². The van der Waals surface area contributed by atoms with E-state index >= 15 is 0 Å². The third kappa shape index (κ3) is 3.23. The molecule has 0 aliphatic heterocycles. The van der Waals surface area contributed by atoms with Gasteiger partial charge in [-0.15, -0.1) is 11.3 Å². The average molecular weight is 270 g/mol. The van der Waals surface area contributed by atoms with Gasteiger partial charge in [0.25, 0.3) is 0 Å². The zero-order valence-corrected chi connectivity index (χ0v) is 12.3. The van der Waals surface area contributed by atoms with Crippen LogP contribution in [0.1, 0.15) is 33.2 Å². The predicted molar refractivity (Wildman–Crippen MR) is 80.2 cm³/mol. The summed E-state index contributed by atoms with van der Waals surface area (Å²) < 4.78 is 0. The van der Waals surface area contributed by atoms with Crippen LogP contribution in [-0.4, -0.2) is 0 Å². The quantitative estimate of drug-likeness (QED) is 0.910. The van der Waals surface area contributed by atoms with Crippen LogP contribution in [0.25, 0.3) is 0 Å². The van der Waals surface area contributed by atoms with Gasteiger partial charge in [0.2, 0.25) is 0 Å². The van der Waals surface area contributed by atoms with Gasteiger partial charge in [0.1, 0.15) is 6.04 Å². The molecule has 1 atom stereocenters. The highest BCUT2D eigenvalue weighted by molar-refractivity contribution is 7.09. The fourth-order valence-electron chi connectivity index (χ4n) is 2.13. The van der Waals surface area contributed by atoms with Gasteiger partial charge in [-0.3, -0.25) is 5.32 Å². The lowest BCUT2D eigenvalue weighted by molar-refractivity contribution is 0.632. The fourth-order valence-corrected chi connectivity index (χ4v) is 2.79. The van der Waals surface area contributed by atoms with E-state index in [1.807, 2.05) is 6.07 Å². The highest BCUT2D eigenvalue weighted by atomic mass is 32.1. The Kier molecular flexibility index (Phi) is 4.36. The van der Waals surface area contributed by atoms with Crippen molar-refractivity contribution in [1.29, 1.82) is 5.26 Å².